The van der Waals surface area contributed by atoms with E-state index in [2.05, 4.69) is 27.8 Å². The van der Waals surface area contributed by atoms with Crippen molar-refractivity contribution in [1.29, 1.82) is 0 Å². The van der Waals surface area contributed by atoms with Crippen molar-refractivity contribution in [3.63, 3.8) is 0 Å². The monoisotopic (exact) mass is 318 g/mol. The van der Waals surface area contributed by atoms with Gasteiger partial charge in [0.1, 0.15) is 11.6 Å². The molecule has 5 nitrogen and oxygen atoms in total. The van der Waals surface area contributed by atoms with Crippen LogP contribution in [0.1, 0.15) is 0 Å². The molecule has 2 aromatic carbocycles. The van der Waals surface area contributed by atoms with E-state index < -0.39 is 11.8 Å². The zero-order valence-electron chi connectivity index (χ0n) is 11.3. The van der Waals surface area contributed by atoms with E-state index in [9.17, 15) is 9.18 Å². The van der Waals surface area contributed by atoms with Gasteiger partial charge in [-0.3, -0.25) is 0 Å². The van der Waals surface area contributed by atoms with Gasteiger partial charge in [-0.2, -0.15) is 0 Å². The fourth-order valence-electron chi connectivity index (χ4n) is 2.06. The molecule has 2 amide bonds. The Hall–Kier alpha value is -2.73. The topological polar surface area (TPSA) is 65.2 Å². The highest BCUT2D eigenvalue weighted by atomic mass is 35.5. The third-order valence-electron chi connectivity index (χ3n) is 3.03. The van der Waals surface area contributed by atoms with E-state index >= 15 is 0 Å². The van der Waals surface area contributed by atoms with Crippen molar-refractivity contribution in [2.75, 3.05) is 21.3 Å². The lowest BCUT2D eigenvalue weighted by Gasteiger charge is -2.09. The van der Waals surface area contributed by atoms with Crippen LogP contribution in [-0.2, 0) is 0 Å². The van der Waals surface area contributed by atoms with Crippen molar-refractivity contribution in [2.24, 2.45) is 0 Å². The van der Waals surface area contributed by atoms with E-state index in [-0.39, 0.29) is 5.02 Å². The molecular weight excluding hydrogens is 307 g/mol. The molecule has 2 aromatic rings. The molecule has 1 aliphatic heterocycles. The van der Waals surface area contributed by atoms with Crippen molar-refractivity contribution in [1.82, 2.24) is 0 Å². The summed E-state index contributed by atoms with van der Waals surface area (Å²) >= 11 is 5.66. The molecule has 0 saturated carbocycles. The fraction of sp³-hybridized carbons (Fsp3) is 0. The van der Waals surface area contributed by atoms with Gasteiger partial charge >= 0.3 is 6.03 Å². The average molecular weight is 319 g/mol. The summed E-state index contributed by atoms with van der Waals surface area (Å²) in [5.74, 6) is 0.141. The molecule has 0 saturated heterocycles. The van der Waals surface area contributed by atoms with Gasteiger partial charge in [-0.05, 0) is 36.4 Å². The summed E-state index contributed by atoms with van der Waals surface area (Å²) in [6.45, 7) is 3.77. The molecule has 22 heavy (non-hydrogen) atoms. The first kappa shape index (κ1) is 14.2. The molecule has 1 heterocycles. The Morgan fingerprint density at radius 3 is 2.41 bits per heavy atom. The van der Waals surface area contributed by atoms with Crippen LogP contribution >= 0.6 is 11.6 Å². The fourth-order valence-corrected chi connectivity index (χ4v) is 2.24. The molecule has 0 fully saturated rings. The maximum atomic E-state index is 13.1. The predicted octanol–water partition coefficient (Wildman–Crippen LogP) is 4.43. The van der Waals surface area contributed by atoms with Crippen LogP contribution in [0.4, 0.5) is 31.9 Å². The van der Waals surface area contributed by atoms with Crippen molar-refractivity contribution in [3.8, 4) is 0 Å². The van der Waals surface area contributed by atoms with Crippen LogP contribution in [0.5, 0.6) is 0 Å². The zero-order valence-corrected chi connectivity index (χ0v) is 12.1. The van der Waals surface area contributed by atoms with Crippen LogP contribution in [0.3, 0.4) is 0 Å². The molecule has 4 N–H and O–H groups in total. The smallest absolute Gasteiger partial charge is 0.323 e. The van der Waals surface area contributed by atoms with Gasteiger partial charge in [-0.1, -0.05) is 18.2 Å². The van der Waals surface area contributed by atoms with E-state index in [0.29, 0.717) is 17.2 Å². The van der Waals surface area contributed by atoms with Crippen LogP contribution in [0.25, 0.3) is 0 Å². The molecule has 1 aliphatic rings. The van der Waals surface area contributed by atoms with Gasteiger partial charge in [0.25, 0.3) is 0 Å². The quantitative estimate of drug-likeness (QED) is 0.662. The largest absolute Gasteiger partial charge is 0.341 e. The van der Waals surface area contributed by atoms with Crippen LogP contribution in [0.2, 0.25) is 5.02 Å². The third kappa shape index (κ3) is 2.96. The van der Waals surface area contributed by atoms with Crippen molar-refractivity contribution in [3.05, 3.63) is 59.6 Å². The first-order chi connectivity index (χ1) is 10.5. The number of urea groups is 1. The Bertz CT molecular complexity index is 778. The Morgan fingerprint density at radius 1 is 1.05 bits per heavy atom. The molecule has 7 heteroatoms. The molecule has 0 spiro atoms. The molecule has 0 radical (unpaired) electrons. The minimum atomic E-state index is -0.537. The number of nitrogens with one attached hydrogen (secondary N) is 4. The molecule has 3 rings (SSSR count). The summed E-state index contributed by atoms with van der Waals surface area (Å²) in [6, 6.07) is 8.86. The summed E-state index contributed by atoms with van der Waals surface area (Å²) in [5, 5.41) is 11.3. The number of amides is 2. The number of benzene rings is 2. The number of carbonyl (C=O) groups is 1. The lowest BCUT2D eigenvalue weighted by atomic mass is 10.2. The van der Waals surface area contributed by atoms with Gasteiger partial charge in [-0.25, -0.2) is 9.18 Å². The standard InChI is InChI=1S/C15H12ClFN4O/c1-8-18-13-5-3-10(7-14(13)19-8)21-15(22)20-9-2-4-12(17)11(16)6-9/h2-7,18-19H,1H2,(H2,20,21,22). The van der Waals surface area contributed by atoms with Gasteiger partial charge in [0.05, 0.1) is 16.4 Å². The third-order valence-corrected chi connectivity index (χ3v) is 3.32. The SMILES string of the molecule is C=C1Nc2ccc(NC(=O)Nc3ccc(F)c(Cl)c3)cc2N1. The van der Waals surface area contributed by atoms with Crippen LogP contribution in [0.15, 0.2) is 48.8 Å². The highest BCUT2D eigenvalue weighted by Gasteiger charge is 2.13. The first-order valence-corrected chi connectivity index (χ1v) is 6.79. The van der Waals surface area contributed by atoms with Gasteiger partial charge < -0.3 is 21.3 Å². The van der Waals surface area contributed by atoms with E-state index in [1.165, 1.54) is 18.2 Å². The predicted molar refractivity (Wildman–Crippen MR) is 86.9 cm³/mol. The number of hydrogen-bond donors (Lipinski definition) is 4. The maximum absolute atomic E-state index is 13.1. The van der Waals surface area contributed by atoms with Crippen molar-refractivity contribution in [2.45, 2.75) is 0 Å². The number of rotatable bonds is 2. The molecule has 112 valence electrons. The first-order valence-electron chi connectivity index (χ1n) is 6.41. The number of fused-ring (bicyclic) bond motifs is 1. The Balaban J connectivity index is 1.68. The minimum Gasteiger partial charge on any atom is -0.341 e. The Kier molecular flexibility index (Phi) is 3.60. The summed E-state index contributed by atoms with van der Waals surface area (Å²) in [6.07, 6.45) is 0. The average Bonchev–Trinajstić information content (AvgIpc) is 2.82. The van der Waals surface area contributed by atoms with E-state index in [1.54, 1.807) is 12.1 Å². The summed E-state index contributed by atoms with van der Waals surface area (Å²) < 4.78 is 13.1. The van der Waals surface area contributed by atoms with Gasteiger partial charge in [0.15, 0.2) is 0 Å². The van der Waals surface area contributed by atoms with E-state index in [4.69, 9.17) is 11.6 Å². The molecular formula is C15H12ClFN4O. The zero-order chi connectivity index (χ0) is 15.7. The number of hydrogen-bond acceptors (Lipinski definition) is 3. The second kappa shape index (κ2) is 5.57. The Morgan fingerprint density at radius 2 is 1.68 bits per heavy atom. The normalized spacial score (nSPS) is 12.2. The lowest BCUT2D eigenvalue weighted by Crippen LogP contribution is -2.19. The Labute approximate surface area is 131 Å². The molecule has 0 unspecified atom stereocenters. The second-order valence-electron chi connectivity index (χ2n) is 4.70. The lowest BCUT2D eigenvalue weighted by molar-refractivity contribution is 0.262. The van der Waals surface area contributed by atoms with Crippen molar-refractivity contribution < 1.29 is 9.18 Å². The molecule has 0 aliphatic carbocycles. The highest BCUT2D eigenvalue weighted by Crippen LogP contribution is 2.32. The van der Waals surface area contributed by atoms with Crippen LogP contribution in [0, 0.1) is 5.82 Å². The van der Waals surface area contributed by atoms with E-state index in [1.807, 2.05) is 6.07 Å². The summed E-state index contributed by atoms with van der Waals surface area (Å²) in [4.78, 5) is 11.9. The van der Waals surface area contributed by atoms with Gasteiger partial charge in [-0.15, -0.1) is 0 Å². The number of halogens is 2. The van der Waals surface area contributed by atoms with E-state index in [0.717, 1.165) is 11.4 Å². The molecule has 0 bridgehead atoms. The summed E-state index contributed by atoms with van der Waals surface area (Å²) in [7, 11) is 0. The second-order valence-corrected chi connectivity index (χ2v) is 5.10. The highest BCUT2D eigenvalue weighted by molar-refractivity contribution is 6.31. The van der Waals surface area contributed by atoms with Crippen LogP contribution in [-0.4, -0.2) is 6.03 Å². The number of carbonyl (C=O) groups excluding carboxylic acids is 1. The number of anilines is 4. The minimum absolute atomic E-state index is 0.0517. The van der Waals surface area contributed by atoms with Crippen LogP contribution < -0.4 is 21.3 Å². The molecule has 0 atom stereocenters. The van der Waals surface area contributed by atoms with Gasteiger partial charge in [0, 0.05) is 11.4 Å². The maximum Gasteiger partial charge on any atom is 0.323 e. The van der Waals surface area contributed by atoms with Crippen molar-refractivity contribution >= 4 is 40.4 Å². The molecule has 0 aromatic heterocycles. The van der Waals surface area contributed by atoms with Gasteiger partial charge in [0.2, 0.25) is 0 Å². The summed E-state index contributed by atoms with van der Waals surface area (Å²) in [5.41, 5.74) is 2.72.